The molecule has 0 aromatic heterocycles. The minimum Gasteiger partial charge on any atom is -0.316 e. The summed E-state index contributed by atoms with van der Waals surface area (Å²) in [6.45, 7) is 16.6. The minimum absolute atomic E-state index is 0.528. The fourth-order valence-electron chi connectivity index (χ4n) is 2.02. The van der Waals surface area contributed by atoms with Crippen LogP contribution in [-0.4, -0.2) is 21.2 Å². The van der Waals surface area contributed by atoms with Crippen LogP contribution in [0.5, 0.6) is 0 Å². The number of hydrogen-bond donors (Lipinski definition) is 1. The van der Waals surface area contributed by atoms with Crippen LogP contribution in [0.15, 0.2) is 0 Å². The Balaban J connectivity index is 4.11. The molecule has 0 aliphatic heterocycles. The van der Waals surface area contributed by atoms with Crippen molar-refractivity contribution in [3.63, 3.8) is 0 Å². The molecule has 0 bridgehead atoms. The normalized spacial score (nSPS) is 17.1. The van der Waals surface area contributed by atoms with E-state index in [-0.39, 0.29) is 0 Å². The highest BCUT2D eigenvalue weighted by molar-refractivity contribution is 6.76. The Hall–Kier alpha value is 0.177. The molecule has 1 N–H and O–H groups in total. The van der Waals surface area contributed by atoms with Crippen molar-refractivity contribution in [2.24, 2.45) is 5.41 Å². The highest BCUT2D eigenvalue weighted by atomic mass is 28.3. The lowest BCUT2D eigenvalue weighted by molar-refractivity contribution is 0.327. The zero-order valence-electron chi connectivity index (χ0n) is 10.3. The molecule has 0 saturated carbocycles. The average Bonchev–Trinajstić information content (AvgIpc) is 1.98. The molecule has 0 rings (SSSR count). The smallest absolute Gasteiger partial charge is 0.0448 e. The number of hydrogen-bond acceptors (Lipinski definition) is 1. The summed E-state index contributed by atoms with van der Waals surface area (Å²) >= 11 is 0. The van der Waals surface area contributed by atoms with E-state index in [1.807, 2.05) is 0 Å². The van der Waals surface area contributed by atoms with E-state index in [0.717, 1.165) is 6.54 Å². The third-order valence-electron chi connectivity index (χ3n) is 2.61. The maximum Gasteiger partial charge on any atom is 0.0448 e. The minimum atomic E-state index is -0.904. The van der Waals surface area contributed by atoms with Gasteiger partial charge in [-0.2, -0.15) is 0 Å². The lowest BCUT2D eigenvalue weighted by Crippen LogP contribution is -2.37. The predicted octanol–water partition coefficient (Wildman–Crippen LogP) is 3.35. The standard InChI is InChI=1S/C11H27NSi/c1-7-11(3,9-12-8-2)10-13(4,5)6/h12H,7-10H2,1-6H3. The van der Waals surface area contributed by atoms with Gasteiger partial charge in [0.2, 0.25) is 0 Å². The van der Waals surface area contributed by atoms with Crippen LogP contribution in [0.3, 0.4) is 0 Å². The van der Waals surface area contributed by atoms with Crippen molar-refractivity contribution >= 4 is 8.07 Å². The summed E-state index contributed by atoms with van der Waals surface area (Å²) < 4.78 is 0. The fourth-order valence-corrected chi connectivity index (χ4v) is 4.96. The summed E-state index contributed by atoms with van der Waals surface area (Å²) in [5.74, 6) is 0. The third-order valence-corrected chi connectivity index (χ3v) is 4.53. The highest BCUT2D eigenvalue weighted by Crippen LogP contribution is 2.31. The summed E-state index contributed by atoms with van der Waals surface area (Å²) in [4.78, 5) is 0. The van der Waals surface area contributed by atoms with E-state index in [9.17, 15) is 0 Å². The molecule has 13 heavy (non-hydrogen) atoms. The Morgan fingerprint density at radius 2 is 1.69 bits per heavy atom. The van der Waals surface area contributed by atoms with Crippen LogP contribution in [0, 0.1) is 5.41 Å². The van der Waals surface area contributed by atoms with Crippen LogP contribution in [0.1, 0.15) is 27.2 Å². The van der Waals surface area contributed by atoms with E-state index in [1.54, 1.807) is 0 Å². The second kappa shape index (κ2) is 5.16. The van der Waals surface area contributed by atoms with Crippen LogP contribution in [-0.2, 0) is 0 Å². The molecular weight excluding hydrogens is 174 g/mol. The zero-order chi connectivity index (χ0) is 10.5. The topological polar surface area (TPSA) is 12.0 Å². The summed E-state index contributed by atoms with van der Waals surface area (Å²) in [6.07, 6.45) is 1.30. The van der Waals surface area contributed by atoms with Crippen molar-refractivity contribution in [2.45, 2.75) is 52.9 Å². The Labute approximate surface area is 85.3 Å². The molecule has 2 heteroatoms. The summed E-state index contributed by atoms with van der Waals surface area (Å²) in [6, 6.07) is 1.43. The van der Waals surface area contributed by atoms with Crippen molar-refractivity contribution in [3.05, 3.63) is 0 Å². The Kier molecular flexibility index (Phi) is 5.23. The molecule has 0 aliphatic rings. The van der Waals surface area contributed by atoms with Crippen molar-refractivity contribution in [1.29, 1.82) is 0 Å². The number of rotatable bonds is 6. The largest absolute Gasteiger partial charge is 0.316 e. The summed E-state index contributed by atoms with van der Waals surface area (Å²) in [7, 11) is -0.904. The first-order valence-electron chi connectivity index (χ1n) is 5.54. The van der Waals surface area contributed by atoms with Gasteiger partial charge in [0, 0.05) is 14.6 Å². The van der Waals surface area contributed by atoms with Gasteiger partial charge in [-0.25, -0.2) is 0 Å². The SMILES string of the molecule is CCNCC(C)(CC)C[Si](C)(C)C. The van der Waals surface area contributed by atoms with Crippen LogP contribution in [0.25, 0.3) is 0 Å². The highest BCUT2D eigenvalue weighted by Gasteiger charge is 2.28. The van der Waals surface area contributed by atoms with Gasteiger partial charge in [0.15, 0.2) is 0 Å². The van der Waals surface area contributed by atoms with Gasteiger partial charge in [0.25, 0.3) is 0 Å². The number of nitrogens with one attached hydrogen (secondary N) is 1. The van der Waals surface area contributed by atoms with Gasteiger partial charge in [-0.1, -0.05) is 46.5 Å². The van der Waals surface area contributed by atoms with Crippen LogP contribution < -0.4 is 5.32 Å². The second-order valence-corrected chi connectivity index (χ2v) is 11.2. The van der Waals surface area contributed by atoms with Crippen LogP contribution in [0.2, 0.25) is 25.7 Å². The Morgan fingerprint density at radius 3 is 2.00 bits per heavy atom. The van der Waals surface area contributed by atoms with E-state index in [0.29, 0.717) is 5.41 Å². The molecule has 0 spiro atoms. The molecule has 1 atom stereocenters. The maximum atomic E-state index is 3.48. The molecule has 0 aliphatic carbocycles. The molecule has 0 radical (unpaired) electrons. The van der Waals surface area contributed by atoms with Crippen molar-refractivity contribution in [3.8, 4) is 0 Å². The summed E-state index contributed by atoms with van der Waals surface area (Å²) in [5, 5.41) is 3.48. The molecule has 0 amide bonds. The molecule has 0 aromatic rings. The molecule has 1 unspecified atom stereocenters. The van der Waals surface area contributed by atoms with E-state index < -0.39 is 8.07 Å². The Morgan fingerprint density at radius 1 is 1.15 bits per heavy atom. The van der Waals surface area contributed by atoms with Crippen molar-refractivity contribution in [2.75, 3.05) is 13.1 Å². The van der Waals surface area contributed by atoms with Gasteiger partial charge in [0.05, 0.1) is 0 Å². The average molecular weight is 201 g/mol. The van der Waals surface area contributed by atoms with Gasteiger partial charge >= 0.3 is 0 Å². The van der Waals surface area contributed by atoms with Gasteiger partial charge in [-0.15, -0.1) is 0 Å². The fraction of sp³-hybridized carbons (Fsp3) is 1.00. The monoisotopic (exact) mass is 201 g/mol. The maximum absolute atomic E-state index is 3.48. The second-order valence-electron chi connectivity index (χ2n) is 5.68. The van der Waals surface area contributed by atoms with Crippen molar-refractivity contribution in [1.82, 2.24) is 5.32 Å². The van der Waals surface area contributed by atoms with Gasteiger partial charge in [-0.3, -0.25) is 0 Å². The summed E-state index contributed by atoms with van der Waals surface area (Å²) in [5.41, 5.74) is 0.528. The molecule has 0 heterocycles. The van der Waals surface area contributed by atoms with Gasteiger partial charge in [0.1, 0.15) is 0 Å². The first-order chi connectivity index (χ1) is 5.83. The van der Waals surface area contributed by atoms with E-state index in [2.05, 4.69) is 45.7 Å². The van der Waals surface area contributed by atoms with Gasteiger partial charge in [-0.05, 0) is 18.4 Å². The lowest BCUT2D eigenvalue weighted by Gasteiger charge is -2.34. The van der Waals surface area contributed by atoms with Crippen molar-refractivity contribution < 1.29 is 0 Å². The lowest BCUT2D eigenvalue weighted by atomic mass is 9.90. The molecule has 80 valence electrons. The zero-order valence-corrected chi connectivity index (χ0v) is 11.3. The van der Waals surface area contributed by atoms with Gasteiger partial charge < -0.3 is 5.32 Å². The quantitative estimate of drug-likeness (QED) is 0.650. The predicted molar refractivity (Wildman–Crippen MR) is 65.1 cm³/mol. The molecule has 0 aromatic carbocycles. The molecule has 0 saturated heterocycles. The van der Waals surface area contributed by atoms with E-state index in [4.69, 9.17) is 0 Å². The van der Waals surface area contributed by atoms with E-state index >= 15 is 0 Å². The van der Waals surface area contributed by atoms with E-state index in [1.165, 1.54) is 19.0 Å². The van der Waals surface area contributed by atoms with Crippen LogP contribution >= 0.6 is 0 Å². The Bertz CT molecular complexity index is 140. The third kappa shape index (κ3) is 6.27. The van der Waals surface area contributed by atoms with Crippen LogP contribution in [0.4, 0.5) is 0 Å². The first-order valence-corrected chi connectivity index (χ1v) is 9.24. The molecular formula is C11H27NSi. The first kappa shape index (κ1) is 13.2. The molecule has 1 nitrogen and oxygen atoms in total. The molecule has 0 fully saturated rings.